The summed E-state index contributed by atoms with van der Waals surface area (Å²) in [4.78, 5) is 14.6. The van der Waals surface area contributed by atoms with Gasteiger partial charge in [-0.25, -0.2) is 0 Å². The third-order valence-corrected chi connectivity index (χ3v) is 5.06. The molecule has 1 fully saturated rings. The number of hydrogen-bond acceptors (Lipinski definition) is 4. The highest BCUT2D eigenvalue weighted by molar-refractivity contribution is 7.03. The number of aromatic nitrogens is 2. The lowest BCUT2D eigenvalue weighted by Crippen LogP contribution is -2.37. The van der Waals surface area contributed by atoms with Gasteiger partial charge in [0, 0.05) is 18.0 Å². The second-order valence-electron chi connectivity index (χ2n) is 5.93. The molecule has 0 spiro atoms. The van der Waals surface area contributed by atoms with Crippen LogP contribution >= 0.6 is 11.5 Å². The second-order valence-corrected chi connectivity index (χ2v) is 6.54. The van der Waals surface area contributed by atoms with Crippen LogP contribution in [-0.4, -0.2) is 33.0 Å². The van der Waals surface area contributed by atoms with E-state index in [0.717, 1.165) is 25.8 Å². The Bertz CT molecular complexity index is 826. The van der Waals surface area contributed by atoms with Gasteiger partial charge in [-0.05, 0) is 47.1 Å². The standard InChI is InChI=1S/C18H17N3OS/c22-18(17-12-23-20-19-17)21-10-4-8-15(21)11-14-7-3-6-13-5-1-2-9-16(13)14/h1-3,5-7,9,12,15H,4,8,10-11H2/t15-/m1/s1. The molecule has 0 bridgehead atoms. The van der Waals surface area contributed by atoms with Gasteiger partial charge in [0.15, 0.2) is 5.69 Å². The van der Waals surface area contributed by atoms with E-state index in [9.17, 15) is 4.79 Å². The number of carbonyl (C=O) groups excluding carboxylic acids is 1. The third kappa shape index (κ3) is 2.72. The molecule has 0 N–H and O–H groups in total. The molecule has 4 rings (SSSR count). The Labute approximate surface area is 138 Å². The molecule has 0 unspecified atom stereocenters. The fourth-order valence-corrected chi connectivity index (χ4v) is 3.87. The van der Waals surface area contributed by atoms with E-state index in [-0.39, 0.29) is 11.9 Å². The number of benzene rings is 2. The van der Waals surface area contributed by atoms with Gasteiger partial charge in [-0.3, -0.25) is 4.79 Å². The SMILES string of the molecule is O=C(c1csnn1)N1CCC[C@@H]1Cc1cccc2ccccc12. The second kappa shape index (κ2) is 6.08. The first kappa shape index (κ1) is 14.3. The van der Waals surface area contributed by atoms with Crippen molar-refractivity contribution in [2.24, 2.45) is 0 Å². The smallest absolute Gasteiger partial charge is 0.275 e. The zero-order chi connectivity index (χ0) is 15.6. The van der Waals surface area contributed by atoms with Gasteiger partial charge < -0.3 is 4.90 Å². The van der Waals surface area contributed by atoms with Crippen molar-refractivity contribution in [2.45, 2.75) is 25.3 Å². The summed E-state index contributed by atoms with van der Waals surface area (Å²) in [6.45, 7) is 0.811. The lowest BCUT2D eigenvalue weighted by molar-refractivity contribution is 0.0730. The molecule has 4 nitrogen and oxygen atoms in total. The maximum absolute atomic E-state index is 12.6. The van der Waals surface area contributed by atoms with E-state index >= 15 is 0 Å². The van der Waals surface area contributed by atoms with Gasteiger partial charge in [0.2, 0.25) is 0 Å². The van der Waals surface area contributed by atoms with Crippen molar-refractivity contribution >= 4 is 28.2 Å². The molecule has 1 saturated heterocycles. The number of amides is 1. The van der Waals surface area contributed by atoms with E-state index in [1.54, 1.807) is 5.38 Å². The zero-order valence-corrected chi connectivity index (χ0v) is 13.5. The number of rotatable bonds is 3. The minimum atomic E-state index is 0.0153. The summed E-state index contributed by atoms with van der Waals surface area (Å²) in [5.41, 5.74) is 1.78. The molecule has 1 aliphatic rings. The minimum absolute atomic E-state index is 0.0153. The van der Waals surface area contributed by atoms with Crippen molar-refractivity contribution in [2.75, 3.05) is 6.54 Å². The maximum Gasteiger partial charge on any atom is 0.275 e. The Balaban J connectivity index is 1.61. The molecule has 0 radical (unpaired) electrons. The van der Waals surface area contributed by atoms with E-state index in [4.69, 9.17) is 0 Å². The fraction of sp³-hybridized carbons (Fsp3) is 0.278. The summed E-state index contributed by atoms with van der Waals surface area (Å²) in [5, 5.41) is 8.20. The first-order valence-electron chi connectivity index (χ1n) is 7.87. The molecule has 3 aromatic rings. The molecule has 116 valence electrons. The van der Waals surface area contributed by atoms with E-state index in [1.165, 1.54) is 27.9 Å². The first-order valence-corrected chi connectivity index (χ1v) is 8.71. The normalized spacial score (nSPS) is 17.7. The Morgan fingerprint density at radius 2 is 2.09 bits per heavy atom. The number of hydrogen-bond donors (Lipinski definition) is 0. The Hall–Kier alpha value is -2.27. The quantitative estimate of drug-likeness (QED) is 0.740. The van der Waals surface area contributed by atoms with Gasteiger partial charge in [-0.15, -0.1) is 5.10 Å². The summed E-state index contributed by atoms with van der Waals surface area (Å²) < 4.78 is 3.81. The highest BCUT2D eigenvalue weighted by Crippen LogP contribution is 2.26. The monoisotopic (exact) mass is 323 g/mol. The van der Waals surface area contributed by atoms with Crippen molar-refractivity contribution in [1.29, 1.82) is 0 Å². The van der Waals surface area contributed by atoms with Crippen molar-refractivity contribution in [3.63, 3.8) is 0 Å². The molecule has 0 aliphatic carbocycles. The first-order chi connectivity index (χ1) is 11.3. The summed E-state index contributed by atoms with van der Waals surface area (Å²) in [6, 6.07) is 15.1. The van der Waals surface area contributed by atoms with Gasteiger partial charge in [-0.1, -0.05) is 47.0 Å². The predicted octanol–water partition coefficient (Wildman–Crippen LogP) is 3.54. The number of fused-ring (bicyclic) bond motifs is 1. The maximum atomic E-state index is 12.6. The van der Waals surface area contributed by atoms with Gasteiger partial charge >= 0.3 is 0 Å². The van der Waals surface area contributed by atoms with Gasteiger partial charge in [0.25, 0.3) is 5.91 Å². The largest absolute Gasteiger partial charge is 0.334 e. The molecule has 1 aromatic heterocycles. The molecule has 1 amide bonds. The Morgan fingerprint density at radius 1 is 1.22 bits per heavy atom. The number of likely N-dealkylation sites (tertiary alicyclic amines) is 1. The highest BCUT2D eigenvalue weighted by Gasteiger charge is 2.30. The van der Waals surface area contributed by atoms with Gasteiger partial charge in [-0.2, -0.15) is 0 Å². The summed E-state index contributed by atoms with van der Waals surface area (Å²) in [6.07, 6.45) is 3.00. The van der Waals surface area contributed by atoms with Crippen molar-refractivity contribution in [3.05, 3.63) is 59.1 Å². The molecular weight excluding hydrogens is 306 g/mol. The van der Waals surface area contributed by atoms with E-state index in [0.29, 0.717) is 5.69 Å². The van der Waals surface area contributed by atoms with Crippen LogP contribution in [0, 0.1) is 0 Å². The predicted molar refractivity (Wildman–Crippen MR) is 91.6 cm³/mol. The lowest BCUT2D eigenvalue weighted by atomic mass is 9.97. The van der Waals surface area contributed by atoms with Crippen LogP contribution in [0.3, 0.4) is 0 Å². The molecule has 2 aromatic carbocycles. The number of carbonyl (C=O) groups is 1. The summed E-state index contributed by atoms with van der Waals surface area (Å²) in [5.74, 6) is 0.0153. The van der Waals surface area contributed by atoms with Crippen LogP contribution in [0.1, 0.15) is 28.9 Å². The van der Waals surface area contributed by atoms with Crippen LogP contribution in [0.5, 0.6) is 0 Å². The van der Waals surface area contributed by atoms with Crippen LogP contribution < -0.4 is 0 Å². The average Bonchev–Trinajstić information content (AvgIpc) is 3.26. The van der Waals surface area contributed by atoms with Crippen molar-refractivity contribution < 1.29 is 4.79 Å². The van der Waals surface area contributed by atoms with Crippen LogP contribution in [0.15, 0.2) is 47.8 Å². The van der Waals surface area contributed by atoms with Crippen LogP contribution in [0.2, 0.25) is 0 Å². The Morgan fingerprint density at radius 3 is 2.96 bits per heavy atom. The van der Waals surface area contributed by atoms with Crippen LogP contribution in [-0.2, 0) is 6.42 Å². The van der Waals surface area contributed by atoms with E-state index in [2.05, 4.69) is 52.1 Å². The summed E-state index contributed by atoms with van der Waals surface area (Å²) in [7, 11) is 0. The van der Waals surface area contributed by atoms with Crippen molar-refractivity contribution in [1.82, 2.24) is 14.5 Å². The highest BCUT2D eigenvalue weighted by atomic mass is 32.1. The zero-order valence-electron chi connectivity index (χ0n) is 12.7. The Kier molecular flexibility index (Phi) is 3.79. The van der Waals surface area contributed by atoms with Crippen molar-refractivity contribution in [3.8, 4) is 0 Å². The molecule has 2 heterocycles. The third-order valence-electron chi connectivity index (χ3n) is 4.55. The fourth-order valence-electron chi connectivity index (χ4n) is 3.44. The molecule has 23 heavy (non-hydrogen) atoms. The van der Waals surface area contributed by atoms with Gasteiger partial charge in [0.1, 0.15) is 0 Å². The molecular formula is C18H17N3OS. The molecule has 1 aliphatic heterocycles. The molecule has 1 atom stereocenters. The average molecular weight is 323 g/mol. The van der Waals surface area contributed by atoms with Crippen LogP contribution in [0.4, 0.5) is 0 Å². The lowest BCUT2D eigenvalue weighted by Gasteiger charge is -2.24. The van der Waals surface area contributed by atoms with E-state index in [1.807, 2.05) is 4.90 Å². The van der Waals surface area contributed by atoms with Gasteiger partial charge in [0.05, 0.1) is 0 Å². The summed E-state index contributed by atoms with van der Waals surface area (Å²) >= 11 is 1.23. The minimum Gasteiger partial charge on any atom is -0.334 e. The topological polar surface area (TPSA) is 46.1 Å². The molecule has 5 heteroatoms. The van der Waals surface area contributed by atoms with Crippen LogP contribution in [0.25, 0.3) is 10.8 Å². The molecule has 0 saturated carbocycles. The number of nitrogens with zero attached hydrogens (tertiary/aromatic N) is 3. The van der Waals surface area contributed by atoms with E-state index < -0.39 is 0 Å².